The van der Waals surface area contributed by atoms with Gasteiger partial charge < -0.3 is 5.11 Å². The van der Waals surface area contributed by atoms with Crippen LogP contribution in [-0.2, 0) is 17.6 Å². The third kappa shape index (κ3) is 4.60. The number of carboxylic acids is 1. The lowest BCUT2D eigenvalue weighted by atomic mass is 9.93. The van der Waals surface area contributed by atoms with Crippen LogP contribution in [0.1, 0.15) is 11.1 Å². The van der Waals surface area contributed by atoms with Gasteiger partial charge in [-0.3, -0.25) is 4.79 Å². The van der Waals surface area contributed by atoms with E-state index in [2.05, 4.69) is 4.98 Å². The van der Waals surface area contributed by atoms with Crippen LogP contribution < -0.4 is 0 Å². The van der Waals surface area contributed by atoms with Gasteiger partial charge >= 0.3 is 5.97 Å². The van der Waals surface area contributed by atoms with Crippen molar-refractivity contribution in [2.24, 2.45) is 5.92 Å². The van der Waals surface area contributed by atoms with Crippen molar-refractivity contribution in [1.29, 1.82) is 0 Å². The van der Waals surface area contributed by atoms with Crippen molar-refractivity contribution in [1.82, 2.24) is 4.98 Å². The number of aromatic nitrogens is 1. The topological polar surface area (TPSA) is 50.2 Å². The molecule has 21 heavy (non-hydrogen) atoms. The van der Waals surface area contributed by atoms with Gasteiger partial charge in [0.05, 0.1) is 5.92 Å². The minimum absolute atomic E-state index is 0.283. The molecular formula is C15H12Cl3NO2. The van der Waals surface area contributed by atoms with Gasteiger partial charge in [0.15, 0.2) is 0 Å². The van der Waals surface area contributed by atoms with Crippen molar-refractivity contribution in [3.8, 4) is 0 Å². The van der Waals surface area contributed by atoms with Crippen LogP contribution in [0.2, 0.25) is 15.2 Å². The van der Waals surface area contributed by atoms with E-state index in [9.17, 15) is 9.90 Å². The molecule has 0 amide bonds. The van der Waals surface area contributed by atoms with Crippen LogP contribution in [-0.4, -0.2) is 16.1 Å². The summed E-state index contributed by atoms with van der Waals surface area (Å²) in [5.41, 5.74) is 1.53. The molecular weight excluding hydrogens is 333 g/mol. The molecule has 1 atom stereocenters. The highest BCUT2D eigenvalue weighted by atomic mass is 35.5. The number of rotatable bonds is 5. The van der Waals surface area contributed by atoms with Crippen molar-refractivity contribution >= 4 is 40.8 Å². The first-order chi connectivity index (χ1) is 9.95. The lowest BCUT2D eigenvalue weighted by Gasteiger charge is -2.13. The molecule has 1 aromatic carbocycles. The normalized spacial score (nSPS) is 12.1. The molecule has 0 aliphatic heterocycles. The quantitative estimate of drug-likeness (QED) is 0.811. The lowest BCUT2D eigenvalue weighted by molar-refractivity contribution is -0.141. The van der Waals surface area contributed by atoms with Crippen LogP contribution in [0.3, 0.4) is 0 Å². The Morgan fingerprint density at radius 1 is 1.19 bits per heavy atom. The van der Waals surface area contributed by atoms with Gasteiger partial charge in [-0.15, -0.1) is 0 Å². The first-order valence-electron chi connectivity index (χ1n) is 6.23. The molecule has 110 valence electrons. The molecule has 0 fully saturated rings. The zero-order valence-corrected chi connectivity index (χ0v) is 13.2. The fraction of sp³-hybridized carbons (Fsp3) is 0.200. The maximum absolute atomic E-state index is 11.4. The molecule has 1 heterocycles. The number of pyridine rings is 1. The number of hydrogen-bond donors (Lipinski definition) is 1. The van der Waals surface area contributed by atoms with Gasteiger partial charge in [0.25, 0.3) is 0 Å². The number of halogens is 3. The maximum Gasteiger partial charge on any atom is 0.307 e. The summed E-state index contributed by atoms with van der Waals surface area (Å²) in [4.78, 5) is 15.4. The molecule has 2 rings (SSSR count). The SMILES string of the molecule is O=C(O)C(Cc1cccc(Cl)c1)Cc1cnc(Cl)cc1Cl. The minimum atomic E-state index is -0.888. The smallest absolute Gasteiger partial charge is 0.307 e. The average Bonchev–Trinajstić information content (AvgIpc) is 2.40. The third-order valence-electron chi connectivity index (χ3n) is 3.08. The Bertz CT molecular complexity index is 661. The number of nitrogens with zero attached hydrogens (tertiary/aromatic N) is 1. The number of carbonyl (C=O) groups is 1. The van der Waals surface area contributed by atoms with Crippen molar-refractivity contribution in [2.75, 3.05) is 0 Å². The number of aliphatic carboxylic acids is 1. The van der Waals surface area contributed by atoms with Crippen molar-refractivity contribution in [3.05, 3.63) is 62.9 Å². The van der Waals surface area contributed by atoms with Gasteiger partial charge in [-0.05, 0) is 42.2 Å². The number of carboxylic acid groups (broad SMARTS) is 1. The molecule has 0 aliphatic rings. The fourth-order valence-electron chi connectivity index (χ4n) is 2.05. The minimum Gasteiger partial charge on any atom is -0.481 e. The predicted molar refractivity (Wildman–Crippen MR) is 84.2 cm³/mol. The van der Waals surface area contributed by atoms with Gasteiger partial charge in [0.2, 0.25) is 0 Å². The first-order valence-corrected chi connectivity index (χ1v) is 7.36. The van der Waals surface area contributed by atoms with E-state index in [0.717, 1.165) is 5.56 Å². The summed E-state index contributed by atoms with van der Waals surface area (Å²) in [5, 5.41) is 10.7. The molecule has 0 saturated heterocycles. The summed E-state index contributed by atoms with van der Waals surface area (Å²) in [6.07, 6.45) is 2.16. The molecule has 3 nitrogen and oxygen atoms in total. The van der Waals surface area contributed by atoms with E-state index in [1.165, 1.54) is 12.3 Å². The molecule has 0 bridgehead atoms. The highest BCUT2D eigenvalue weighted by Crippen LogP contribution is 2.24. The van der Waals surface area contributed by atoms with Crippen LogP contribution in [0.5, 0.6) is 0 Å². The van der Waals surface area contributed by atoms with Gasteiger partial charge in [0.1, 0.15) is 5.15 Å². The third-order valence-corrected chi connectivity index (χ3v) is 3.88. The summed E-state index contributed by atoms with van der Waals surface area (Å²) in [6, 6.07) is 8.67. The number of hydrogen-bond acceptors (Lipinski definition) is 2. The van der Waals surface area contributed by atoms with Crippen LogP contribution in [0.25, 0.3) is 0 Å². The molecule has 0 saturated carbocycles. The van der Waals surface area contributed by atoms with Gasteiger partial charge in [-0.2, -0.15) is 0 Å². The fourth-order valence-corrected chi connectivity index (χ4v) is 2.70. The summed E-state index contributed by atoms with van der Waals surface area (Å²) < 4.78 is 0. The van der Waals surface area contributed by atoms with Gasteiger partial charge in [-0.1, -0.05) is 46.9 Å². The molecule has 0 spiro atoms. The van der Waals surface area contributed by atoms with Crippen molar-refractivity contribution in [2.45, 2.75) is 12.8 Å². The van der Waals surface area contributed by atoms with Crippen LogP contribution in [0.15, 0.2) is 36.5 Å². The largest absolute Gasteiger partial charge is 0.481 e. The Kier molecular flexibility index (Phi) is 5.45. The van der Waals surface area contributed by atoms with Crippen LogP contribution in [0, 0.1) is 5.92 Å². The van der Waals surface area contributed by atoms with E-state index < -0.39 is 11.9 Å². The summed E-state index contributed by atoms with van der Waals surface area (Å²) >= 11 is 17.7. The molecule has 6 heteroatoms. The zero-order valence-electron chi connectivity index (χ0n) is 10.9. The zero-order chi connectivity index (χ0) is 15.4. The Labute approximate surface area is 137 Å². The number of benzene rings is 1. The molecule has 2 aromatic rings. The van der Waals surface area contributed by atoms with E-state index in [1.54, 1.807) is 18.2 Å². The van der Waals surface area contributed by atoms with E-state index in [-0.39, 0.29) is 11.6 Å². The van der Waals surface area contributed by atoms with Crippen LogP contribution >= 0.6 is 34.8 Å². The first kappa shape index (κ1) is 16.1. The van der Waals surface area contributed by atoms with Gasteiger partial charge in [-0.25, -0.2) is 4.98 Å². The van der Waals surface area contributed by atoms with Crippen LogP contribution in [0.4, 0.5) is 0 Å². The highest BCUT2D eigenvalue weighted by Gasteiger charge is 2.20. The van der Waals surface area contributed by atoms with Crippen molar-refractivity contribution in [3.63, 3.8) is 0 Å². The summed E-state index contributed by atoms with van der Waals surface area (Å²) in [6.45, 7) is 0. The van der Waals surface area contributed by atoms with E-state index in [1.807, 2.05) is 6.07 Å². The Hall–Kier alpha value is -1.29. The summed E-state index contributed by atoms with van der Waals surface area (Å²) in [5.74, 6) is -1.50. The second kappa shape index (κ2) is 7.12. The monoisotopic (exact) mass is 343 g/mol. The standard InChI is InChI=1S/C15H12Cl3NO2/c16-12-3-1-2-9(5-12)4-10(15(20)21)6-11-8-19-14(18)7-13(11)17/h1-3,5,7-8,10H,4,6H2,(H,20,21). The highest BCUT2D eigenvalue weighted by molar-refractivity contribution is 6.34. The molecule has 1 unspecified atom stereocenters. The molecule has 1 N–H and O–H groups in total. The summed E-state index contributed by atoms with van der Waals surface area (Å²) in [7, 11) is 0. The predicted octanol–water partition coefficient (Wildman–Crippen LogP) is 4.53. The van der Waals surface area contributed by atoms with Crippen molar-refractivity contribution < 1.29 is 9.90 Å². The van der Waals surface area contributed by atoms with E-state index >= 15 is 0 Å². The van der Waals surface area contributed by atoms with E-state index in [4.69, 9.17) is 34.8 Å². The molecule has 0 radical (unpaired) electrons. The second-order valence-corrected chi connectivity index (χ2v) is 5.90. The second-order valence-electron chi connectivity index (χ2n) is 4.67. The Balaban J connectivity index is 2.18. The maximum atomic E-state index is 11.4. The molecule has 1 aromatic heterocycles. The molecule has 0 aliphatic carbocycles. The lowest BCUT2D eigenvalue weighted by Crippen LogP contribution is -2.19. The Morgan fingerprint density at radius 2 is 1.95 bits per heavy atom. The van der Waals surface area contributed by atoms with E-state index in [0.29, 0.717) is 22.0 Å². The average molecular weight is 345 g/mol. The Morgan fingerprint density at radius 3 is 2.57 bits per heavy atom. The van der Waals surface area contributed by atoms with Gasteiger partial charge in [0, 0.05) is 16.2 Å².